The number of amides is 1. The number of halogens is 1. The lowest BCUT2D eigenvalue weighted by Gasteiger charge is -2.11. The molecular weight excluding hydrogens is 327 g/mol. The predicted molar refractivity (Wildman–Crippen MR) is 78.0 cm³/mol. The van der Waals surface area contributed by atoms with Crippen molar-refractivity contribution in [3.8, 4) is 0 Å². The molecule has 1 aromatic rings. The highest BCUT2D eigenvalue weighted by Gasteiger charge is 2.15. The van der Waals surface area contributed by atoms with Gasteiger partial charge in [-0.1, -0.05) is 18.9 Å². The van der Waals surface area contributed by atoms with Gasteiger partial charge in [0.25, 0.3) is 0 Å². The van der Waals surface area contributed by atoms with Gasteiger partial charge in [0.2, 0.25) is 5.91 Å². The van der Waals surface area contributed by atoms with Crippen molar-refractivity contribution >= 4 is 34.2 Å². The zero-order valence-corrected chi connectivity index (χ0v) is 11.9. The second kappa shape index (κ2) is 6.35. The molecule has 0 unspecified atom stereocenters. The molecule has 2 rings (SSSR count). The summed E-state index contributed by atoms with van der Waals surface area (Å²) in [7, 11) is 0. The molecule has 1 fully saturated rings. The van der Waals surface area contributed by atoms with Crippen molar-refractivity contribution in [3.63, 3.8) is 0 Å². The minimum atomic E-state index is 0.0406. The first-order chi connectivity index (χ1) is 8.24. The standard InChI is InChI=1S/C13H17IN2O/c14-10-4-3-7-12(8-10)16-13(17)9-15-11-5-1-2-6-11/h3-4,7-8,11,15H,1-2,5-6,9H2,(H,16,17). The zero-order chi connectivity index (χ0) is 12.1. The minimum absolute atomic E-state index is 0.0406. The Bertz CT molecular complexity index is 389. The van der Waals surface area contributed by atoms with E-state index in [2.05, 4.69) is 33.2 Å². The Morgan fingerprint density at radius 1 is 1.35 bits per heavy atom. The maximum Gasteiger partial charge on any atom is 0.238 e. The van der Waals surface area contributed by atoms with Crippen LogP contribution in [0.25, 0.3) is 0 Å². The van der Waals surface area contributed by atoms with Gasteiger partial charge in [-0.15, -0.1) is 0 Å². The third-order valence-corrected chi connectivity index (χ3v) is 3.69. The van der Waals surface area contributed by atoms with Gasteiger partial charge in [0.1, 0.15) is 0 Å². The molecule has 1 aliphatic carbocycles. The number of carbonyl (C=O) groups is 1. The molecule has 0 radical (unpaired) electrons. The lowest BCUT2D eigenvalue weighted by molar-refractivity contribution is -0.115. The van der Waals surface area contributed by atoms with Crippen LogP contribution in [0.15, 0.2) is 24.3 Å². The van der Waals surface area contributed by atoms with E-state index in [4.69, 9.17) is 0 Å². The molecule has 0 bridgehead atoms. The molecule has 0 aromatic heterocycles. The van der Waals surface area contributed by atoms with E-state index in [0.29, 0.717) is 12.6 Å². The van der Waals surface area contributed by atoms with Crippen LogP contribution in [0, 0.1) is 3.57 Å². The van der Waals surface area contributed by atoms with E-state index in [9.17, 15) is 4.79 Å². The molecule has 17 heavy (non-hydrogen) atoms. The Kier molecular flexibility index (Phi) is 4.79. The molecule has 1 amide bonds. The molecule has 1 aromatic carbocycles. The summed E-state index contributed by atoms with van der Waals surface area (Å²) in [6.45, 7) is 0.413. The summed E-state index contributed by atoms with van der Waals surface area (Å²) in [6, 6.07) is 8.37. The van der Waals surface area contributed by atoms with Crippen molar-refractivity contribution in [1.82, 2.24) is 5.32 Å². The normalized spacial score (nSPS) is 16.1. The first kappa shape index (κ1) is 12.8. The predicted octanol–water partition coefficient (Wildman–Crippen LogP) is 2.76. The third kappa shape index (κ3) is 4.27. The molecule has 1 saturated carbocycles. The van der Waals surface area contributed by atoms with Gasteiger partial charge in [0, 0.05) is 15.3 Å². The lowest BCUT2D eigenvalue weighted by atomic mass is 10.2. The summed E-state index contributed by atoms with van der Waals surface area (Å²) in [5.74, 6) is 0.0406. The lowest BCUT2D eigenvalue weighted by Crippen LogP contribution is -2.34. The summed E-state index contributed by atoms with van der Waals surface area (Å²) in [5.41, 5.74) is 0.870. The van der Waals surface area contributed by atoms with Gasteiger partial charge in [0.15, 0.2) is 0 Å². The number of hydrogen-bond donors (Lipinski definition) is 2. The van der Waals surface area contributed by atoms with Crippen molar-refractivity contribution in [3.05, 3.63) is 27.8 Å². The topological polar surface area (TPSA) is 41.1 Å². The van der Waals surface area contributed by atoms with Crippen LogP contribution in [0.5, 0.6) is 0 Å². The summed E-state index contributed by atoms with van der Waals surface area (Å²) < 4.78 is 1.13. The van der Waals surface area contributed by atoms with Crippen LogP contribution in [-0.2, 0) is 4.79 Å². The SMILES string of the molecule is O=C(CNC1CCCC1)Nc1cccc(I)c1. The number of carbonyl (C=O) groups excluding carboxylic acids is 1. The van der Waals surface area contributed by atoms with E-state index in [0.717, 1.165) is 9.26 Å². The van der Waals surface area contributed by atoms with E-state index in [1.165, 1.54) is 25.7 Å². The first-order valence-electron chi connectivity index (χ1n) is 6.03. The third-order valence-electron chi connectivity index (χ3n) is 3.01. The summed E-state index contributed by atoms with van der Waals surface area (Å²) in [6.07, 6.45) is 4.99. The monoisotopic (exact) mass is 344 g/mol. The van der Waals surface area contributed by atoms with Gasteiger partial charge in [-0.05, 0) is 53.6 Å². The molecule has 3 nitrogen and oxygen atoms in total. The highest BCUT2D eigenvalue weighted by molar-refractivity contribution is 14.1. The van der Waals surface area contributed by atoms with Crippen LogP contribution in [0.4, 0.5) is 5.69 Å². The second-order valence-corrected chi connectivity index (χ2v) is 5.67. The second-order valence-electron chi connectivity index (χ2n) is 4.42. The molecule has 0 aliphatic heterocycles. The van der Waals surface area contributed by atoms with Crippen molar-refractivity contribution in [2.75, 3.05) is 11.9 Å². The van der Waals surface area contributed by atoms with Gasteiger partial charge in [-0.2, -0.15) is 0 Å². The van der Waals surface area contributed by atoms with Crippen molar-refractivity contribution in [2.45, 2.75) is 31.7 Å². The molecule has 2 N–H and O–H groups in total. The van der Waals surface area contributed by atoms with Gasteiger partial charge < -0.3 is 10.6 Å². The number of anilines is 1. The molecule has 1 aliphatic rings. The van der Waals surface area contributed by atoms with Gasteiger partial charge in [-0.3, -0.25) is 4.79 Å². The highest BCUT2D eigenvalue weighted by Crippen LogP contribution is 2.17. The summed E-state index contributed by atoms with van der Waals surface area (Å²) >= 11 is 2.24. The average molecular weight is 344 g/mol. The fourth-order valence-corrected chi connectivity index (χ4v) is 2.68. The van der Waals surface area contributed by atoms with E-state index in [-0.39, 0.29) is 5.91 Å². The number of hydrogen-bond acceptors (Lipinski definition) is 2. The quantitative estimate of drug-likeness (QED) is 0.825. The Balaban J connectivity index is 1.76. The van der Waals surface area contributed by atoms with E-state index < -0.39 is 0 Å². The van der Waals surface area contributed by atoms with E-state index >= 15 is 0 Å². The number of rotatable bonds is 4. The van der Waals surface area contributed by atoms with Crippen molar-refractivity contribution in [2.24, 2.45) is 0 Å². The molecule has 92 valence electrons. The molecule has 4 heteroatoms. The van der Waals surface area contributed by atoms with Crippen LogP contribution in [-0.4, -0.2) is 18.5 Å². The first-order valence-corrected chi connectivity index (χ1v) is 7.11. The van der Waals surface area contributed by atoms with Gasteiger partial charge >= 0.3 is 0 Å². The fourth-order valence-electron chi connectivity index (χ4n) is 2.14. The molecule has 0 saturated heterocycles. The summed E-state index contributed by atoms with van der Waals surface area (Å²) in [5, 5.41) is 6.20. The van der Waals surface area contributed by atoms with Crippen LogP contribution in [0.2, 0.25) is 0 Å². The number of nitrogens with one attached hydrogen (secondary N) is 2. The largest absolute Gasteiger partial charge is 0.325 e. The molecule has 0 atom stereocenters. The Labute approximate surface area is 116 Å². The number of benzene rings is 1. The van der Waals surface area contributed by atoms with E-state index in [1.54, 1.807) is 0 Å². The van der Waals surface area contributed by atoms with Crippen molar-refractivity contribution < 1.29 is 4.79 Å². The zero-order valence-electron chi connectivity index (χ0n) is 9.71. The minimum Gasteiger partial charge on any atom is -0.325 e. The van der Waals surface area contributed by atoms with Crippen LogP contribution in [0.1, 0.15) is 25.7 Å². The van der Waals surface area contributed by atoms with E-state index in [1.807, 2.05) is 24.3 Å². The van der Waals surface area contributed by atoms with Crippen molar-refractivity contribution in [1.29, 1.82) is 0 Å². The Morgan fingerprint density at radius 2 is 2.12 bits per heavy atom. The van der Waals surface area contributed by atoms with Crippen LogP contribution in [0.3, 0.4) is 0 Å². The molecule has 0 spiro atoms. The van der Waals surface area contributed by atoms with Crippen LogP contribution < -0.4 is 10.6 Å². The van der Waals surface area contributed by atoms with Gasteiger partial charge in [0.05, 0.1) is 6.54 Å². The van der Waals surface area contributed by atoms with Gasteiger partial charge in [-0.25, -0.2) is 0 Å². The highest BCUT2D eigenvalue weighted by atomic mass is 127. The summed E-state index contributed by atoms with van der Waals surface area (Å²) in [4.78, 5) is 11.7. The molecular formula is C13H17IN2O. The smallest absolute Gasteiger partial charge is 0.238 e. The maximum atomic E-state index is 11.7. The Hall–Kier alpha value is -0.620. The average Bonchev–Trinajstić information content (AvgIpc) is 2.79. The van der Waals surface area contributed by atoms with Crippen LogP contribution >= 0.6 is 22.6 Å². The molecule has 0 heterocycles. The Morgan fingerprint density at radius 3 is 2.82 bits per heavy atom. The maximum absolute atomic E-state index is 11.7. The fraction of sp³-hybridized carbons (Fsp3) is 0.462.